The zero-order valence-corrected chi connectivity index (χ0v) is 13.2. The predicted octanol–water partition coefficient (Wildman–Crippen LogP) is 3.26. The maximum absolute atomic E-state index is 5.15. The lowest BCUT2D eigenvalue weighted by molar-refractivity contribution is 0.189. The van der Waals surface area contributed by atoms with Gasteiger partial charge in [0.05, 0.1) is 6.61 Å². The van der Waals surface area contributed by atoms with Crippen molar-refractivity contribution in [2.45, 2.75) is 47.2 Å². The van der Waals surface area contributed by atoms with Gasteiger partial charge in [0.1, 0.15) is 0 Å². The Balaban J connectivity index is 2.71. The van der Waals surface area contributed by atoms with Crippen LogP contribution in [0.3, 0.4) is 0 Å². The van der Waals surface area contributed by atoms with Crippen molar-refractivity contribution >= 4 is 5.95 Å². The molecular formula is C15H29N3O. The fourth-order valence-electron chi connectivity index (χ4n) is 2.53. The first kappa shape index (κ1) is 16.0. The summed E-state index contributed by atoms with van der Waals surface area (Å²) in [5, 5.41) is 3.40. The van der Waals surface area contributed by atoms with Crippen LogP contribution in [-0.2, 0) is 11.3 Å². The summed E-state index contributed by atoms with van der Waals surface area (Å²) < 4.78 is 7.37. The second-order valence-corrected chi connectivity index (χ2v) is 6.06. The van der Waals surface area contributed by atoms with E-state index in [1.165, 1.54) is 0 Å². The van der Waals surface area contributed by atoms with Crippen LogP contribution in [-0.4, -0.2) is 29.3 Å². The molecule has 0 aliphatic rings. The molecule has 0 bridgehead atoms. The fraction of sp³-hybridized carbons (Fsp3) is 0.800. The molecular weight excluding hydrogens is 238 g/mol. The van der Waals surface area contributed by atoms with Gasteiger partial charge >= 0.3 is 0 Å². The molecule has 0 saturated carbocycles. The molecule has 0 aromatic carbocycles. The minimum absolute atomic E-state index is 0.266. The SMILES string of the molecule is COCC(C)Nc1nccn1CC(C(C)C)C(C)C. The smallest absolute Gasteiger partial charge is 0.203 e. The normalized spacial score (nSPS) is 13.5. The van der Waals surface area contributed by atoms with Gasteiger partial charge < -0.3 is 14.6 Å². The average molecular weight is 267 g/mol. The minimum Gasteiger partial charge on any atom is -0.383 e. The van der Waals surface area contributed by atoms with Crippen LogP contribution in [0.25, 0.3) is 0 Å². The molecule has 0 aliphatic carbocycles. The van der Waals surface area contributed by atoms with E-state index in [-0.39, 0.29) is 6.04 Å². The Morgan fingerprint density at radius 1 is 1.21 bits per heavy atom. The molecule has 1 aromatic heterocycles. The summed E-state index contributed by atoms with van der Waals surface area (Å²) in [6.07, 6.45) is 3.92. The highest BCUT2D eigenvalue weighted by Gasteiger charge is 2.19. The zero-order chi connectivity index (χ0) is 14.4. The van der Waals surface area contributed by atoms with Gasteiger partial charge in [0.25, 0.3) is 0 Å². The lowest BCUT2D eigenvalue weighted by Gasteiger charge is -2.26. The van der Waals surface area contributed by atoms with Crippen molar-refractivity contribution in [2.75, 3.05) is 19.0 Å². The third kappa shape index (κ3) is 4.86. The minimum atomic E-state index is 0.266. The van der Waals surface area contributed by atoms with Crippen LogP contribution in [0.5, 0.6) is 0 Å². The molecule has 1 N–H and O–H groups in total. The largest absolute Gasteiger partial charge is 0.383 e. The van der Waals surface area contributed by atoms with Gasteiger partial charge in [-0.3, -0.25) is 0 Å². The van der Waals surface area contributed by atoms with E-state index in [2.05, 4.69) is 55.7 Å². The highest BCUT2D eigenvalue weighted by atomic mass is 16.5. The lowest BCUT2D eigenvalue weighted by atomic mass is 9.85. The van der Waals surface area contributed by atoms with Crippen molar-refractivity contribution in [3.8, 4) is 0 Å². The first-order valence-corrected chi connectivity index (χ1v) is 7.22. The summed E-state index contributed by atoms with van der Waals surface area (Å²) in [5.41, 5.74) is 0. The van der Waals surface area contributed by atoms with Crippen molar-refractivity contribution in [2.24, 2.45) is 17.8 Å². The Morgan fingerprint density at radius 3 is 2.37 bits per heavy atom. The van der Waals surface area contributed by atoms with Crippen LogP contribution in [0.4, 0.5) is 5.95 Å². The van der Waals surface area contributed by atoms with Gasteiger partial charge in [-0.25, -0.2) is 4.98 Å². The van der Waals surface area contributed by atoms with E-state index < -0.39 is 0 Å². The van der Waals surface area contributed by atoms with Gasteiger partial charge in [-0.2, -0.15) is 0 Å². The zero-order valence-electron chi connectivity index (χ0n) is 13.2. The van der Waals surface area contributed by atoms with E-state index in [0.717, 1.165) is 12.5 Å². The molecule has 19 heavy (non-hydrogen) atoms. The number of nitrogens with zero attached hydrogens (tertiary/aromatic N) is 2. The van der Waals surface area contributed by atoms with Gasteiger partial charge in [-0.1, -0.05) is 27.7 Å². The van der Waals surface area contributed by atoms with Crippen LogP contribution in [0, 0.1) is 17.8 Å². The molecule has 4 heteroatoms. The number of aromatic nitrogens is 2. The molecule has 1 aromatic rings. The third-order valence-electron chi connectivity index (χ3n) is 3.63. The molecule has 1 atom stereocenters. The summed E-state index contributed by atoms with van der Waals surface area (Å²) >= 11 is 0. The number of methoxy groups -OCH3 is 1. The first-order chi connectivity index (χ1) is 8.95. The Labute approximate surface area is 117 Å². The lowest BCUT2D eigenvalue weighted by Crippen LogP contribution is -2.26. The van der Waals surface area contributed by atoms with Crippen molar-refractivity contribution in [1.82, 2.24) is 9.55 Å². The molecule has 0 aliphatic heterocycles. The standard InChI is InChI=1S/C15H29N3O/c1-11(2)14(12(3)4)9-18-8-7-16-15(18)17-13(5)10-19-6/h7-8,11-14H,9-10H2,1-6H3,(H,16,17). The predicted molar refractivity (Wildman–Crippen MR) is 80.4 cm³/mol. The summed E-state index contributed by atoms with van der Waals surface area (Å²) in [6, 6.07) is 0.266. The van der Waals surface area contributed by atoms with Gasteiger partial charge in [-0.05, 0) is 24.7 Å². The van der Waals surface area contributed by atoms with E-state index in [1.54, 1.807) is 7.11 Å². The molecule has 0 radical (unpaired) electrons. The first-order valence-electron chi connectivity index (χ1n) is 7.22. The molecule has 1 heterocycles. The van der Waals surface area contributed by atoms with Crippen molar-refractivity contribution in [3.05, 3.63) is 12.4 Å². The quantitative estimate of drug-likeness (QED) is 0.786. The average Bonchev–Trinajstić information content (AvgIpc) is 2.72. The molecule has 110 valence electrons. The van der Waals surface area contributed by atoms with Crippen molar-refractivity contribution in [1.29, 1.82) is 0 Å². The summed E-state index contributed by atoms with van der Waals surface area (Å²) in [5.74, 6) is 2.95. The highest BCUT2D eigenvalue weighted by molar-refractivity contribution is 5.27. The number of rotatable bonds is 8. The Hall–Kier alpha value is -1.03. The number of anilines is 1. The monoisotopic (exact) mass is 267 g/mol. The van der Waals surface area contributed by atoms with Gasteiger partial charge in [0.15, 0.2) is 0 Å². The molecule has 0 fully saturated rings. The Bertz CT molecular complexity index is 352. The maximum atomic E-state index is 5.15. The number of nitrogens with one attached hydrogen (secondary N) is 1. The van der Waals surface area contributed by atoms with Crippen molar-refractivity contribution in [3.63, 3.8) is 0 Å². The number of ether oxygens (including phenoxy) is 1. The van der Waals surface area contributed by atoms with Crippen LogP contribution >= 0.6 is 0 Å². The number of hydrogen-bond acceptors (Lipinski definition) is 3. The fourth-order valence-corrected chi connectivity index (χ4v) is 2.53. The van der Waals surface area contributed by atoms with E-state index >= 15 is 0 Å². The Kier molecular flexibility index (Phi) is 6.35. The molecule has 0 amide bonds. The maximum Gasteiger partial charge on any atom is 0.203 e. The van der Waals surface area contributed by atoms with Gasteiger partial charge in [0.2, 0.25) is 5.95 Å². The molecule has 0 spiro atoms. The van der Waals surface area contributed by atoms with Crippen LogP contribution in [0.1, 0.15) is 34.6 Å². The van der Waals surface area contributed by atoms with E-state index in [4.69, 9.17) is 4.74 Å². The third-order valence-corrected chi connectivity index (χ3v) is 3.63. The number of hydrogen-bond donors (Lipinski definition) is 1. The molecule has 4 nitrogen and oxygen atoms in total. The van der Waals surface area contributed by atoms with E-state index in [9.17, 15) is 0 Å². The highest BCUT2D eigenvalue weighted by Crippen LogP contribution is 2.24. The van der Waals surface area contributed by atoms with Gasteiger partial charge in [-0.15, -0.1) is 0 Å². The van der Waals surface area contributed by atoms with Crippen LogP contribution in [0.15, 0.2) is 12.4 Å². The van der Waals surface area contributed by atoms with E-state index in [1.807, 2.05) is 6.20 Å². The summed E-state index contributed by atoms with van der Waals surface area (Å²) in [7, 11) is 1.72. The molecule has 0 saturated heterocycles. The number of imidazole rings is 1. The van der Waals surface area contributed by atoms with Crippen molar-refractivity contribution < 1.29 is 4.74 Å². The van der Waals surface area contributed by atoms with E-state index in [0.29, 0.717) is 24.4 Å². The van der Waals surface area contributed by atoms with Crippen LogP contribution in [0.2, 0.25) is 0 Å². The molecule has 1 unspecified atom stereocenters. The second-order valence-electron chi connectivity index (χ2n) is 6.06. The summed E-state index contributed by atoms with van der Waals surface area (Å²) in [6.45, 7) is 13.0. The van der Waals surface area contributed by atoms with Gasteiger partial charge in [0, 0.05) is 32.1 Å². The summed E-state index contributed by atoms with van der Waals surface area (Å²) in [4.78, 5) is 4.41. The molecule has 1 rings (SSSR count). The second kappa shape index (κ2) is 7.53. The van der Waals surface area contributed by atoms with Crippen LogP contribution < -0.4 is 5.32 Å². The Morgan fingerprint density at radius 2 is 1.84 bits per heavy atom. The topological polar surface area (TPSA) is 39.1 Å².